The summed E-state index contributed by atoms with van der Waals surface area (Å²) in [7, 11) is 4.17. The van der Waals surface area contributed by atoms with Gasteiger partial charge in [-0.15, -0.1) is 0 Å². The molecule has 1 N–H and O–H groups in total. The third kappa shape index (κ3) is 4.64. The number of rotatable bonds is 7. The number of hydrogen-bond donors (Lipinski definition) is 1. The molecule has 2 aromatic carbocycles. The molecule has 0 aliphatic heterocycles. The molecule has 0 unspecified atom stereocenters. The van der Waals surface area contributed by atoms with Crippen molar-refractivity contribution in [3.05, 3.63) is 65.7 Å². The van der Waals surface area contributed by atoms with Crippen LogP contribution in [0, 0.1) is 0 Å². The van der Waals surface area contributed by atoms with Crippen LogP contribution in [0.2, 0.25) is 0 Å². The van der Waals surface area contributed by atoms with E-state index in [-0.39, 0.29) is 0 Å². The average Bonchev–Trinajstić information content (AvgIpc) is 2.67. The van der Waals surface area contributed by atoms with Crippen LogP contribution in [0.25, 0.3) is 0 Å². The van der Waals surface area contributed by atoms with Crippen LogP contribution in [0.4, 0.5) is 5.69 Å². The molecule has 1 aliphatic rings. The standard InChI is InChI=1S/C23H32N2/c1-25(2)22-13-11-20(12-14-22)19-24-18-17-23(15-7-4-8-16-23)21-9-5-3-6-10-21/h3,5-6,9-14,24H,4,7-8,15-19H2,1-2H3. The van der Waals surface area contributed by atoms with Crippen LogP contribution in [0.1, 0.15) is 49.7 Å². The Bertz CT molecular complexity index is 625. The van der Waals surface area contributed by atoms with Crippen LogP contribution >= 0.6 is 0 Å². The van der Waals surface area contributed by atoms with Crippen molar-refractivity contribution in [3.8, 4) is 0 Å². The first-order chi connectivity index (χ1) is 12.2. The van der Waals surface area contributed by atoms with Crippen molar-refractivity contribution in [2.75, 3.05) is 25.5 Å². The lowest BCUT2D eigenvalue weighted by atomic mass is 9.67. The van der Waals surface area contributed by atoms with Crippen LogP contribution in [0.5, 0.6) is 0 Å². The molecule has 25 heavy (non-hydrogen) atoms. The monoisotopic (exact) mass is 336 g/mol. The summed E-state index contributed by atoms with van der Waals surface area (Å²) < 4.78 is 0. The van der Waals surface area contributed by atoms with Crippen molar-refractivity contribution >= 4 is 5.69 Å². The Labute approximate surface area is 153 Å². The summed E-state index contributed by atoms with van der Waals surface area (Å²) >= 11 is 0. The molecule has 1 saturated carbocycles. The molecule has 0 atom stereocenters. The fourth-order valence-corrected chi connectivity index (χ4v) is 4.18. The lowest BCUT2D eigenvalue weighted by Crippen LogP contribution is -2.33. The van der Waals surface area contributed by atoms with Gasteiger partial charge in [-0.3, -0.25) is 0 Å². The fraction of sp³-hybridized carbons (Fsp3) is 0.478. The van der Waals surface area contributed by atoms with Crippen LogP contribution in [-0.4, -0.2) is 20.6 Å². The summed E-state index contributed by atoms with van der Waals surface area (Å²) in [6.07, 6.45) is 8.08. The second-order valence-corrected chi connectivity index (χ2v) is 7.69. The zero-order valence-electron chi connectivity index (χ0n) is 15.8. The van der Waals surface area contributed by atoms with E-state index in [1.165, 1.54) is 49.8 Å². The highest BCUT2D eigenvalue weighted by Gasteiger charge is 2.32. The summed E-state index contributed by atoms with van der Waals surface area (Å²) in [5.41, 5.74) is 4.56. The minimum absolute atomic E-state index is 0.390. The summed E-state index contributed by atoms with van der Waals surface area (Å²) in [4.78, 5) is 2.14. The van der Waals surface area contributed by atoms with Gasteiger partial charge < -0.3 is 10.2 Å². The molecular weight excluding hydrogens is 304 g/mol. The van der Waals surface area contributed by atoms with Crippen molar-refractivity contribution in [1.82, 2.24) is 5.32 Å². The van der Waals surface area contributed by atoms with E-state index in [1.807, 2.05) is 0 Å². The van der Waals surface area contributed by atoms with Crippen molar-refractivity contribution in [2.45, 2.75) is 50.5 Å². The molecule has 0 heterocycles. The smallest absolute Gasteiger partial charge is 0.0361 e. The Balaban J connectivity index is 1.55. The molecule has 2 heteroatoms. The number of nitrogens with zero attached hydrogens (tertiary/aromatic N) is 1. The van der Waals surface area contributed by atoms with Gasteiger partial charge in [0.2, 0.25) is 0 Å². The molecule has 2 nitrogen and oxygen atoms in total. The van der Waals surface area contributed by atoms with Crippen molar-refractivity contribution in [2.24, 2.45) is 0 Å². The Morgan fingerprint density at radius 3 is 2.20 bits per heavy atom. The topological polar surface area (TPSA) is 15.3 Å². The summed E-state index contributed by atoms with van der Waals surface area (Å²) in [5.74, 6) is 0. The minimum atomic E-state index is 0.390. The first kappa shape index (κ1) is 18.0. The number of anilines is 1. The molecule has 0 aromatic heterocycles. The van der Waals surface area contributed by atoms with E-state index in [4.69, 9.17) is 0 Å². The maximum Gasteiger partial charge on any atom is 0.0361 e. The molecule has 0 saturated heterocycles. The Hall–Kier alpha value is -1.80. The normalized spacial score (nSPS) is 16.6. The van der Waals surface area contributed by atoms with Crippen LogP contribution in [-0.2, 0) is 12.0 Å². The zero-order valence-corrected chi connectivity index (χ0v) is 15.8. The molecule has 0 bridgehead atoms. The molecule has 3 rings (SSSR count). The highest BCUT2D eigenvalue weighted by molar-refractivity contribution is 5.45. The van der Waals surface area contributed by atoms with E-state index in [9.17, 15) is 0 Å². The van der Waals surface area contributed by atoms with E-state index in [2.05, 4.69) is 78.9 Å². The Kier molecular flexibility index (Phi) is 6.14. The van der Waals surface area contributed by atoms with Gasteiger partial charge in [0.05, 0.1) is 0 Å². The van der Waals surface area contributed by atoms with Crippen LogP contribution < -0.4 is 10.2 Å². The molecular formula is C23H32N2. The molecule has 134 valence electrons. The zero-order chi connectivity index (χ0) is 17.5. The third-order valence-electron chi connectivity index (χ3n) is 5.76. The summed E-state index contributed by atoms with van der Waals surface area (Å²) in [5, 5.41) is 3.68. The molecule has 1 fully saturated rings. The SMILES string of the molecule is CN(C)c1ccc(CNCCC2(c3ccccc3)CCCCC2)cc1. The van der Waals surface area contributed by atoms with Gasteiger partial charge >= 0.3 is 0 Å². The van der Waals surface area contributed by atoms with Gasteiger partial charge in [0.1, 0.15) is 0 Å². The van der Waals surface area contributed by atoms with Gasteiger partial charge in [-0.25, -0.2) is 0 Å². The minimum Gasteiger partial charge on any atom is -0.378 e. The highest BCUT2D eigenvalue weighted by atomic mass is 15.1. The van der Waals surface area contributed by atoms with Crippen molar-refractivity contribution in [1.29, 1.82) is 0 Å². The lowest BCUT2D eigenvalue weighted by Gasteiger charge is -2.38. The predicted octanol–water partition coefficient (Wildman–Crippen LogP) is 5.13. The van der Waals surface area contributed by atoms with E-state index < -0.39 is 0 Å². The van der Waals surface area contributed by atoms with Crippen molar-refractivity contribution < 1.29 is 0 Å². The van der Waals surface area contributed by atoms with Gasteiger partial charge in [-0.05, 0) is 54.5 Å². The molecule has 1 aliphatic carbocycles. The number of benzene rings is 2. The Morgan fingerprint density at radius 2 is 1.56 bits per heavy atom. The van der Waals surface area contributed by atoms with E-state index in [0.29, 0.717) is 5.41 Å². The van der Waals surface area contributed by atoms with E-state index in [1.54, 1.807) is 5.56 Å². The third-order valence-corrected chi connectivity index (χ3v) is 5.76. The maximum absolute atomic E-state index is 3.68. The van der Waals surface area contributed by atoms with Crippen LogP contribution in [0.15, 0.2) is 54.6 Å². The number of nitrogens with one attached hydrogen (secondary N) is 1. The van der Waals surface area contributed by atoms with Gasteiger partial charge in [-0.1, -0.05) is 61.7 Å². The van der Waals surface area contributed by atoms with Gasteiger partial charge in [0, 0.05) is 26.3 Å². The van der Waals surface area contributed by atoms with Crippen LogP contribution in [0.3, 0.4) is 0 Å². The van der Waals surface area contributed by atoms with Gasteiger partial charge in [0.25, 0.3) is 0 Å². The fourth-order valence-electron chi connectivity index (χ4n) is 4.18. The van der Waals surface area contributed by atoms with Gasteiger partial charge in [0.15, 0.2) is 0 Å². The Morgan fingerprint density at radius 1 is 0.880 bits per heavy atom. The summed E-state index contributed by atoms with van der Waals surface area (Å²) in [6, 6.07) is 20.1. The van der Waals surface area contributed by atoms with Gasteiger partial charge in [-0.2, -0.15) is 0 Å². The second-order valence-electron chi connectivity index (χ2n) is 7.69. The molecule has 0 radical (unpaired) electrons. The van der Waals surface area contributed by atoms with E-state index >= 15 is 0 Å². The molecule has 0 amide bonds. The maximum atomic E-state index is 3.68. The number of hydrogen-bond acceptors (Lipinski definition) is 2. The molecule has 2 aromatic rings. The average molecular weight is 337 g/mol. The van der Waals surface area contributed by atoms with E-state index in [0.717, 1.165) is 13.1 Å². The lowest BCUT2D eigenvalue weighted by molar-refractivity contribution is 0.270. The second kappa shape index (κ2) is 8.53. The van der Waals surface area contributed by atoms with Crippen molar-refractivity contribution in [3.63, 3.8) is 0 Å². The summed E-state index contributed by atoms with van der Waals surface area (Å²) in [6.45, 7) is 2.04. The molecule has 0 spiro atoms. The first-order valence-electron chi connectivity index (χ1n) is 9.72. The largest absolute Gasteiger partial charge is 0.378 e. The predicted molar refractivity (Wildman–Crippen MR) is 108 cm³/mol. The highest BCUT2D eigenvalue weighted by Crippen LogP contribution is 2.41. The first-order valence-corrected chi connectivity index (χ1v) is 9.72. The quantitative estimate of drug-likeness (QED) is 0.705.